The van der Waals surface area contributed by atoms with Crippen molar-refractivity contribution in [2.45, 2.75) is 71.4 Å². The number of H-pyrrole nitrogens is 1. The highest BCUT2D eigenvalue weighted by molar-refractivity contribution is 7.18. The largest absolute Gasteiger partial charge is 0.444 e. The average molecular weight is 649 g/mol. The number of hydrogen-bond acceptors (Lipinski definition) is 8. The molecule has 0 aliphatic heterocycles. The predicted octanol–water partition coefficient (Wildman–Crippen LogP) is 6.28. The van der Waals surface area contributed by atoms with Gasteiger partial charge in [0.25, 0.3) is 0 Å². The van der Waals surface area contributed by atoms with Crippen LogP contribution in [0.5, 0.6) is 0 Å². The normalized spacial score (nSPS) is 13.0. The number of halogens is 3. The van der Waals surface area contributed by atoms with Gasteiger partial charge in [-0.2, -0.15) is 13.2 Å². The van der Waals surface area contributed by atoms with E-state index in [1.165, 1.54) is 21.6 Å². The number of imidazole rings is 1. The maximum absolute atomic E-state index is 13.5. The fraction of sp³-hybridized carbons (Fsp3) is 0.433. The van der Waals surface area contributed by atoms with E-state index in [1.54, 1.807) is 66.8 Å². The Morgan fingerprint density at radius 3 is 2.24 bits per heavy atom. The minimum atomic E-state index is -4.50. The minimum absolute atomic E-state index is 0.0561. The molecule has 1 atom stereocenters. The number of aryl methyl sites for hydroxylation is 1. The number of benzene rings is 2. The Balaban J connectivity index is 1.68. The van der Waals surface area contributed by atoms with Crippen molar-refractivity contribution in [1.82, 2.24) is 25.1 Å². The number of carbonyl (C=O) groups is 2. The van der Waals surface area contributed by atoms with Gasteiger partial charge in [-0.15, -0.1) is 10.2 Å². The Bertz CT molecular complexity index is 1730. The smallest absolute Gasteiger partial charge is 0.416 e. The standard InChI is InChI=1S/C30H35F3N6O5S/c1-28(2,3)43-26(41)34-20(14-17-8-11-19(12-9-17)30(31,32)33)16-39(27(42)44-29(4,5)6)25-37-36-23(45-25)18-10-13-21-22(15-18)38(7)24(40)35-21/h8-13,15,20H,14,16H2,1-7H3,(H,34,41)(H,35,40)/t20-/m1/s1. The van der Waals surface area contributed by atoms with Crippen LogP contribution in [0, 0.1) is 0 Å². The van der Waals surface area contributed by atoms with Crippen molar-refractivity contribution in [3.8, 4) is 10.6 Å². The molecule has 2 aromatic carbocycles. The number of aromatic amines is 1. The molecule has 2 heterocycles. The summed E-state index contributed by atoms with van der Waals surface area (Å²) in [6.45, 7) is 9.99. The molecule has 0 saturated carbocycles. The van der Waals surface area contributed by atoms with Crippen molar-refractivity contribution in [3.05, 3.63) is 64.1 Å². The van der Waals surface area contributed by atoms with Gasteiger partial charge in [0.15, 0.2) is 0 Å². The number of hydrogen-bond donors (Lipinski definition) is 2. The zero-order valence-corrected chi connectivity index (χ0v) is 26.7. The summed E-state index contributed by atoms with van der Waals surface area (Å²) in [4.78, 5) is 42.4. The molecule has 2 amide bonds. The first-order valence-electron chi connectivity index (χ1n) is 14.0. The molecule has 0 saturated heterocycles. The zero-order chi connectivity index (χ0) is 33.3. The lowest BCUT2D eigenvalue weighted by atomic mass is 10.0. The second kappa shape index (κ2) is 12.5. The maximum atomic E-state index is 13.5. The molecular weight excluding hydrogens is 613 g/mol. The lowest BCUT2D eigenvalue weighted by Gasteiger charge is -2.29. The number of amides is 2. The molecule has 45 heavy (non-hydrogen) atoms. The van der Waals surface area contributed by atoms with Crippen molar-refractivity contribution in [2.75, 3.05) is 11.4 Å². The molecule has 0 spiro atoms. The van der Waals surface area contributed by atoms with Crippen molar-refractivity contribution < 1.29 is 32.2 Å². The molecular formula is C30H35F3N6O5S. The third kappa shape index (κ3) is 8.84. The Morgan fingerprint density at radius 2 is 1.64 bits per heavy atom. The predicted molar refractivity (Wildman–Crippen MR) is 164 cm³/mol. The molecule has 4 rings (SSSR count). The molecule has 0 aliphatic rings. The van der Waals surface area contributed by atoms with Gasteiger partial charge in [-0.05, 0) is 83.9 Å². The highest BCUT2D eigenvalue weighted by atomic mass is 32.1. The Morgan fingerprint density at radius 1 is 1.00 bits per heavy atom. The van der Waals surface area contributed by atoms with E-state index >= 15 is 0 Å². The first kappa shape index (κ1) is 33.5. The molecule has 15 heteroatoms. The van der Waals surface area contributed by atoms with E-state index in [2.05, 4.69) is 20.5 Å². The summed E-state index contributed by atoms with van der Waals surface area (Å²) in [5, 5.41) is 11.9. The number of alkyl halides is 3. The molecule has 0 fully saturated rings. The van der Waals surface area contributed by atoms with E-state index in [1.807, 2.05) is 0 Å². The SMILES string of the molecule is Cn1c(=O)[nH]c2ccc(-c3nnc(N(C[C@@H](Cc4ccc(C(F)(F)F)cc4)NC(=O)OC(C)(C)C)C(=O)OC(C)(C)C)s3)cc21. The second-order valence-corrected chi connectivity index (χ2v) is 13.4. The summed E-state index contributed by atoms with van der Waals surface area (Å²) in [5.41, 5.74) is -0.359. The van der Waals surface area contributed by atoms with Crippen LogP contribution in [-0.4, -0.2) is 55.7 Å². The number of rotatable bonds is 7. The van der Waals surface area contributed by atoms with Crippen molar-refractivity contribution in [3.63, 3.8) is 0 Å². The quantitative estimate of drug-likeness (QED) is 0.241. The summed E-state index contributed by atoms with van der Waals surface area (Å²) in [5.74, 6) is 0. The van der Waals surface area contributed by atoms with E-state index in [4.69, 9.17) is 9.47 Å². The molecule has 0 unspecified atom stereocenters. The Hall–Kier alpha value is -4.40. The third-order valence-electron chi connectivity index (χ3n) is 6.30. The van der Waals surface area contributed by atoms with Gasteiger partial charge in [0.05, 0.1) is 29.2 Å². The molecule has 2 N–H and O–H groups in total. The van der Waals surface area contributed by atoms with Gasteiger partial charge in [0.2, 0.25) is 5.13 Å². The molecule has 0 aliphatic carbocycles. The van der Waals surface area contributed by atoms with Gasteiger partial charge in [-0.25, -0.2) is 19.3 Å². The number of alkyl carbamates (subject to hydrolysis) is 1. The van der Waals surface area contributed by atoms with Gasteiger partial charge in [-0.3, -0.25) is 4.57 Å². The maximum Gasteiger partial charge on any atom is 0.416 e. The lowest BCUT2D eigenvalue weighted by Crippen LogP contribution is -2.49. The van der Waals surface area contributed by atoms with Crippen LogP contribution in [0.3, 0.4) is 0 Å². The van der Waals surface area contributed by atoms with Crippen LogP contribution in [0.1, 0.15) is 52.7 Å². The van der Waals surface area contributed by atoms with Gasteiger partial charge < -0.3 is 19.8 Å². The van der Waals surface area contributed by atoms with E-state index in [9.17, 15) is 27.6 Å². The van der Waals surface area contributed by atoms with Gasteiger partial charge in [-0.1, -0.05) is 23.5 Å². The topological polar surface area (TPSA) is 131 Å². The molecule has 0 radical (unpaired) electrons. The van der Waals surface area contributed by atoms with Crippen LogP contribution < -0.4 is 15.9 Å². The number of ether oxygens (including phenoxy) is 2. The number of nitrogens with zero attached hydrogens (tertiary/aromatic N) is 4. The fourth-order valence-corrected chi connectivity index (χ4v) is 5.16. The second-order valence-electron chi connectivity index (χ2n) is 12.4. The van der Waals surface area contributed by atoms with Gasteiger partial charge >= 0.3 is 24.1 Å². The highest BCUT2D eigenvalue weighted by Crippen LogP contribution is 2.32. The number of nitrogens with one attached hydrogen (secondary N) is 2. The number of anilines is 1. The van der Waals surface area contributed by atoms with E-state index in [0.717, 1.165) is 23.5 Å². The Kier molecular flexibility index (Phi) is 9.33. The lowest BCUT2D eigenvalue weighted by molar-refractivity contribution is -0.137. The van der Waals surface area contributed by atoms with E-state index in [-0.39, 0.29) is 23.8 Å². The molecule has 11 nitrogen and oxygen atoms in total. The summed E-state index contributed by atoms with van der Waals surface area (Å²) in [6.07, 6.45) is -5.99. The van der Waals surface area contributed by atoms with Crippen LogP contribution in [0.15, 0.2) is 47.3 Å². The average Bonchev–Trinajstić information content (AvgIpc) is 3.49. The van der Waals surface area contributed by atoms with Crippen LogP contribution in [-0.2, 0) is 29.1 Å². The minimum Gasteiger partial charge on any atom is -0.444 e. The van der Waals surface area contributed by atoms with Gasteiger partial charge in [0, 0.05) is 12.6 Å². The van der Waals surface area contributed by atoms with E-state index < -0.39 is 41.2 Å². The monoisotopic (exact) mass is 648 g/mol. The van der Waals surface area contributed by atoms with Crippen molar-refractivity contribution >= 4 is 39.7 Å². The van der Waals surface area contributed by atoms with Crippen molar-refractivity contribution in [1.29, 1.82) is 0 Å². The summed E-state index contributed by atoms with van der Waals surface area (Å²) in [6, 6.07) is 8.99. The Labute approximate surface area is 261 Å². The molecule has 4 aromatic rings. The molecule has 0 bridgehead atoms. The van der Waals surface area contributed by atoms with Crippen LogP contribution >= 0.6 is 11.3 Å². The number of aromatic nitrogens is 4. The van der Waals surface area contributed by atoms with Crippen LogP contribution in [0.2, 0.25) is 0 Å². The van der Waals surface area contributed by atoms with Gasteiger partial charge in [0.1, 0.15) is 16.2 Å². The van der Waals surface area contributed by atoms with Crippen molar-refractivity contribution in [2.24, 2.45) is 7.05 Å². The molecule has 242 valence electrons. The summed E-state index contributed by atoms with van der Waals surface area (Å²) < 4.78 is 52.0. The summed E-state index contributed by atoms with van der Waals surface area (Å²) >= 11 is 1.09. The third-order valence-corrected chi connectivity index (χ3v) is 7.29. The van der Waals surface area contributed by atoms with E-state index in [0.29, 0.717) is 27.2 Å². The number of carbonyl (C=O) groups excluding carboxylic acids is 2. The molecule has 2 aromatic heterocycles. The first-order valence-corrected chi connectivity index (χ1v) is 14.8. The first-order chi connectivity index (χ1) is 20.8. The fourth-order valence-electron chi connectivity index (χ4n) is 4.32. The zero-order valence-electron chi connectivity index (χ0n) is 25.9. The summed E-state index contributed by atoms with van der Waals surface area (Å²) in [7, 11) is 1.63. The number of fused-ring (bicyclic) bond motifs is 1. The highest BCUT2D eigenvalue weighted by Gasteiger charge is 2.32. The van der Waals surface area contributed by atoms with Crippen LogP contribution in [0.4, 0.5) is 27.9 Å². The van der Waals surface area contributed by atoms with Crippen LogP contribution in [0.25, 0.3) is 21.6 Å².